The van der Waals surface area contributed by atoms with Gasteiger partial charge >= 0.3 is 0 Å². The third-order valence-corrected chi connectivity index (χ3v) is 2.87. The van der Waals surface area contributed by atoms with Gasteiger partial charge in [-0.1, -0.05) is 0 Å². The molecule has 0 bridgehead atoms. The summed E-state index contributed by atoms with van der Waals surface area (Å²) in [6.07, 6.45) is 7.60. The molecule has 1 fully saturated rings. The number of nitrogens with one attached hydrogen (secondary N) is 1. The predicted octanol–water partition coefficient (Wildman–Crippen LogP) is 1.58. The number of dihydropyridines is 1. The number of carbonyl (C=O) groups is 1. The monoisotopic (exact) mass is 199 g/mol. The minimum atomic E-state index is -0.833. The zero-order valence-electron chi connectivity index (χ0n) is 7.49. The molecule has 1 unspecified atom stereocenters. The largest absolute Gasteiger partial charge is 0.481 e. The molecule has 0 aromatic rings. The molecule has 2 rings (SSSR count). The van der Waals surface area contributed by atoms with E-state index >= 15 is 0 Å². The van der Waals surface area contributed by atoms with E-state index < -0.39 is 5.97 Å². The Balaban J connectivity index is 0.000000184. The lowest BCUT2D eigenvalue weighted by molar-refractivity contribution is -0.134. The van der Waals surface area contributed by atoms with Crippen LogP contribution in [-0.2, 0) is 4.79 Å². The van der Waals surface area contributed by atoms with E-state index in [1.165, 1.54) is 17.1 Å². The Hall–Kier alpha value is -0.900. The molecule has 0 aromatic heterocycles. The second-order valence-electron chi connectivity index (χ2n) is 2.80. The summed E-state index contributed by atoms with van der Waals surface area (Å²) >= 11 is 1.97. The van der Waals surface area contributed by atoms with Crippen molar-refractivity contribution >= 4 is 17.7 Å². The van der Waals surface area contributed by atoms with Crippen LogP contribution in [0.25, 0.3) is 0 Å². The maximum atomic E-state index is 9.00. The van der Waals surface area contributed by atoms with E-state index in [0.29, 0.717) is 6.04 Å². The molecule has 4 heteroatoms. The van der Waals surface area contributed by atoms with Gasteiger partial charge in [0.25, 0.3) is 5.97 Å². The maximum Gasteiger partial charge on any atom is 0.300 e. The molecule has 13 heavy (non-hydrogen) atoms. The van der Waals surface area contributed by atoms with Crippen molar-refractivity contribution in [1.29, 1.82) is 0 Å². The highest BCUT2D eigenvalue weighted by Crippen LogP contribution is 2.31. The van der Waals surface area contributed by atoms with Crippen LogP contribution >= 0.6 is 11.8 Å². The van der Waals surface area contributed by atoms with Crippen LogP contribution in [0.1, 0.15) is 13.3 Å². The molecule has 0 aromatic carbocycles. The zero-order valence-corrected chi connectivity index (χ0v) is 8.30. The van der Waals surface area contributed by atoms with Gasteiger partial charge < -0.3 is 10.4 Å². The summed E-state index contributed by atoms with van der Waals surface area (Å²) in [6.45, 7) is 1.08. The summed E-state index contributed by atoms with van der Waals surface area (Å²) in [5, 5.41) is 10.7. The van der Waals surface area contributed by atoms with Gasteiger partial charge in [-0.2, -0.15) is 0 Å². The Bertz CT molecular complexity index is 244. The number of hydrogen-bond donors (Lipinski definition) is 2. The van der Waals surface area contributed by atoms with Crippen LogP contribution in [0.15, 0.2) is 23.3 Å². The van der Waals surface area contributed by atoms with Gasteiger partial charge in [0.05, 0.1) is 6.04 Å². The Morgan fingerprint density at radius 3 is 3.08 bits per heavy atom. The molecule has 2 N–H and O–H groups in total. The Morgan fingerprint density at radius 1 is 1.77 bits per heavy atom. The summed E-state index contributed by atoms with van der Waals surface area (Å²) in [5.74, 6) is 0.450. The summed E-state index contributed by atoms with van der Waals surface area (Å²) in [5.41, 5.74) is 0. The van der Waals surface area contributed by atoms with Crippen LogP contribution in [0.3, 0.4) is 0 Å². The van der Waals surface area contributed by atoms with Crippen LogP contribution < -0.4 is 5.32 Å². The average Bonchev–Trinajstić information content (AvgIpc) is 2.49. The molecule has 0 spiro atoms. The van der Waals surface area contributed by atoms with E-state index in [2.05, 4.69) is 17.5 Å². The fourth-order valence-corrected chi connectivity index (χ4v) is 2.33. The van der Waals surface area contributed by atoms with Gasteiger partial charge in [0.15, 0.2) is 0 Å². The molecule has 1 atom stereocenters. The van der Waals surface area contributed by atoms with Crippen LogP contribution in [0, 0.1) is 0 Å². The first-order valence-electron chi connectivity index (χ1n) is 4.15. The number of fused-ring (bicyclic) bond motifs is 1. The number of aliphatic carboxylic acids is 1. The van der Waals surface area contributed by atoms with Crippen molar-refractivity contribution < 1.29 is 9.90 Å². The molecule has 1 saturated heterocycles. The Morgan fingerprint density at radius 2 is 2.46 bits per heavy atom. The highest BCUT2D eigenvalue weighted by Gasteiger charge is 2.20. The fourth-order valence-electron chi connectivity index (χ4n) is 1.18. The molecule has 0 radical (unpaired) electrons. The van der Waals surface area contributed by atoms with E-state index in [4.69, 9.17) is 9.90 Å². The van der Waals surface area contributed by atoms with Gasteiger partial charge in [-0.3, -0.25) is 4.79 Å². The van der Waals surface area contributed by atoms with Crippen molar-refractivity contribution in [3.63, 3.8) is 0 Å². The van der Waals surface area contributed by atoms with Crippen molar-refractivity contribution in [3.05, 3.63) is 23.3 Å². The average molecular weight is 199 g/mol. The van der Waals surface area contributed by atoms with E-state index in [1.54, 1.807) is 0 Å². The molecule has 2 heterocycles. The smallest absolute Gasteiger partial charge is 0.300 e. The van der Waals surface area contributed by atoms with E-state index in [1.807, 2.05) is 18.0 Å². The predicted molar refractivity (Wildman–Crippen MR) is 54.5 cm³/mol. The number of hydrogen-bond acceptors (Lipinski definition) is 3. The normalized spacial score (nSPS) is 23.5. The van der Waals surface area contributed by atoms with E-state index in [0.717, 1.165) is 6.92 Å². The second kappa shape index (κ2) is 4.97. The Labute approximate surface area is 81.9 Å². The minimum absolute atomic E-state index is 0.653. The van der Waals surface area contributed by atoms with Crippen molar-refractivity contribution in [3.8, 4) is 0 Å². The van der Waals surface area contributed by atoms with Crippen LogP contribution in [-0.4, -0.2) is 22.9 Å². The number of carboxylic acids is 1. The van der Waals surface area contributed by atoms with Crippen molar-refractivity contribution in [1.82, 2.24) is 5.32 Å². The van der Waals surface area contributed by atoms with Gasteiger partial charge in [-0.05, 0) is 24.8 Å². The lowest BCUT2D eigenvalue weighted by Crippen LogP contribution is -2.23. The lowest BCUT2D eigenvalue weighted by atomic mass is 10.2. The summed E-state index contributed by atoms with van der Waals surface area (Å²) in [6, 6.07) is 0.653. The van der Waals surface area contributed by atoms with Crippen LogP contribution in [0.2, 0.25) is 0 Å². The number of rotatable bonds is 0. The zero-order chi connectivity index (χ0) is 9.68. The lowest BCUT2D eigenvalue weighted by Gasteiger charge is -2.13. The van der Waals surface area contributed by atoms with Crippen LogP contribution in [0.5, 0.6) is 0 Å². The van der Waals surface area contributed by atoms with Crippen LogP contribution in [0.4, 0.5) is 0 Å². The van der Waals surface area contributed by atoms with E-state index in [9.17, 15) is 0 Å². The molecule has 0 aliphatic carbocycles. The first-order chi connectivity index (χ1) is 6.20. The molecular weight excluding hydrogens is 186 g/mol. The number of carboxylic acid groups (broad SMARTS) is 1. The maximum absolute atomic E-state index is 9.00. The van der Waals surface area contributed by atoms with Gasteiger partial charge in [-0.15, -0.1) is 11.8 Å². The molecule has 0 amide bonds. The second-order valence-corrected chi connectivity index (χ2v) is 3.97. The number of allylic oxidation sites excluding steroid dienone is 2. The molecule has 2 aliphatic rings. The van der Waals surface area contributed by atoms with Gasteiger partial charge in [-0.25, -0.2) is 0 Å². The Kier molecular flexibility index (Phi) is 3.89. The molecule has 72 valence electrons. The first kappa shape index (κ1) is 10.2. The quantitative estimate of drug-likeness (QED) is 0.622. The summed E-state index contributed by atoms with van der Waals surface area (Å²) in [4.78, 5) is 10.5. The fraction of sp³-hybridized carbons (Fsp3) is 0.444. The van der Waals surface area contributed by atoms with Gasteiger partial charge in [0, 0.05) is 17.6 Å². The first-order valence-corrected chi connectivity index (χ1v) is 5.14. The number of thioether (sulfide) groups is 1. The van der Waals surface area contributed by atoms with Crippen molar-refractivity contribution in [2.45, 2.75) is 19.4 Å². The summed E-state index contributed by atoms with van der Waals surface area (Å²) < 4.78 is 0. The highest BCUT2D eigenvalue weighted by atomic mass is 32.2. The molecule has 0 saturated carbocycles. The third-order valence-electron chi connectivity index (χ3n) is 1.67. The summed E-state index contributed by atoms with van der Waals surface area (Å²) in [7, 11) is 0. The highest BCUT2D eigenvalue weighted by molar-refractivity contribution is 8.03. The molecule has 2 aliphatic heterocycles. The van der Waals surface area contributed by atoms with Crippen molar-refractivity contribution in [2.24, 2.45) is 0 Å². The van der Waals surface area contributed by atoms with Gasteiger partial charge in [0.1, 0.15) is 0 Å². The standard InChI is InChI=1S/C7H9NS.C2H4O2/c1-2-7-6(8-4-1)3-5-9-7;1-2(3)4/h1-2,4,6,8H,3,5H2;1H3,(H,3,4). The van der Waals surface area contributed by atoms with E-state index in [-0.39, 0.29) is 0 Å². The molecule has 3 nitrogen and oxygen atoms in total. The third kappa shape index (κ3) is 3.55. The van der Waals surface area contributed by atoms with Gasteiger partial charge in [0.2, 0.25) is 0 Å². The SMILES string of the molecule is C1=CNC2CCSC2=C1.CC(=O)O. The van der Waals surface area contributed by atoms with Crippen molar-refractivity contribution in [2.75, 3.05) is 5.75 Å². The minimum Gasteiger partial charge on any atom is -0.481 e. The topological polar surface area (TPSA) is 49.3 Å². The molecular formula is C9H13NO2S.